The van der Waals surface area contributed by atoms with E-state index in [1.165, 1.54) is 4.31 Å². The number of sulfonamides is 1. The van der Waals surface area contributed by atoms with E-state index in [4.69, 9.17) is 0 Å². The van der Waals surface area contributed by atoms with Crippen LogP contribution in [-0.2, 0) is 22.9 Å². The van der Waals surface area contributed by atoms with Crippen LogP contribution in [0.1, 0.15) is 22.8 Å². The van der Waals surface area contributed by atoms with Gasteiger partial charge in [0.2, 0.25) is 10.0 Å². The van der Waals surface area contributed by atoms with E-state index < -0.39 is 22.2 Å². The Morgan fingerprint density at radius 3 is 2.19 bits per heavy atom. The SMILES string of the molecule is CN(C)c1ccc(C[C@H]2[C@@H](O)c3ccccc3S(=O)(=O)N2CCc2ccccc2)cc1. The maximum absolute atomic E-state index is 13.5. The molecular weight excluding hydrogens is 408 g/mol. The van der Waals surface area contributed by atoms with Crippen molar-refractivity contribution in [3.63, 3.8) is 0 Å². The third kappa shape index (κ3) is 4.37. The Bertz CT molecular complexity index is 1130. The van der Waals surface area contributed by atoms with Crippen LogP contribution in [-0.4, -0.2) is 44.5 Å². The van der Waals surface area contributed by atoms with Gasteiger partial charge in [-0.15, -0.1) is 0 Å². The third-order valence-electron chi connectivity index (χ3n) is 5.92. The molecule has 31 heavy (non-hydrogen) atoms. The zero-order valence-electron chi connectivity index (χ0n) is 17.8. The first-order valence-corrected chi connectivity index (χ1v) is 11.9. The van der Waals surface area contributed by atoms with Crippen LogP contribution >= 0.6 is 0 Å². The summed E-state index contributed by atoms with van der Waals surface area (Å²) in [5.41, 5.74) is 3.62. The van der Waals surface area contributed by atoms with Gasteiger partial charge in [-0.2, -0.15) is 4.31 Å². The fraction of sp³-hybridized carbons (Fsp3) is 0.280. The Kier molecular flexibility index (Phi) is 6.14. The molecule has 162 valence electrons. The maximum Gasteiger partial charge on any atom is 0.243 e. The van der Waals surface area contributed by atoms with Crippen LogP contribution in [0.2, 0.25) is 0 Å². The van der Waals surface area contributed by atoms with Gasteiger partial charge < -0.3 is 10.0 Å². The van der Waals surface area contributed by atoms with Crippen molar-refractivity contribution in [3.05, 3.63) is 95.6 Å². The Balaban J connectivity index is 1.68. The number of aliphatic hydroxyl groups excluding tert-OH is 1. The molecule has 1 aliphatic rings. The second-order valence-electron chi connectivity index (χ2n) is 8.17. The molecule has 3 aromatic carbocycles. The number of benzene rings is 3. The molecule has 0 saturated heterocycles. The fourth-order valence-electron chi connectivity index (χ4n) is 4.18. The predicted molar refractivity (Wildman–Crippen MR) is 124 cm³/mol. The number of aliphatic hydroxyl groups is 1. The molecule has 6 heteroatoms. The molecule has 0 unspecified atom stereocenters. The van der Waals surface area contributed by atoms with Gasteiger partial charge in [-0.05, 0) is 42.2 Å². The highest BCUT2D eigenvalue weighted by Crippen LogP contribution is 2.38. The normalized spacial score (nSPS) is 20.2. The first-order valence-electron chi connectivity index (χ1n) is 10.5. The largest absolute Gasteiger partial charge is 0.387 e. The Labute approximate surface area is 184 Å². The van der Waals surface area contributed by atoms with Crippen LogP contribution in [0.4, 0.5) is 5.69 Å². The van der Waals surface area contributed by atoms with Crippen LogP contribution in [0.25, 0.3) is 0 Å². The highest BCUT2D eigenvalue weighted by molar-refractivity contribution is 7.89. The average Bonchev–Trinajstić information content (AvgIpc) is 2.78. The smallest absolute Gasteiger partial charge is 0.243 e. The van der Waals surface area contributed by atoms with Crippen LogP contribution in [0.3, 0.4) is 0 Å². The summed E-state index contributed by atoms with van der Waals surface area (Å²) in [4.78, 5) is 2.22. The van der Waals surface area contributed by atoms with Gasteiger partial charge >= 0.3 is 0 Å². The second-order valence-corrected chi connectivity index (χ2v) is 10.0. The highest BCUT2D eigenvalue weighted by Gasteiger charge is 2.43. The van der Waals surface area contributed by atoms with E-state index in [-0.39, 0.29) is 4.90 Å². The highest BCUT2D eigenvalue weighted by atomic mass is 32.2. The van der Waals surface area contributed by atoms with Crippen LogP contribution < -0.4 is 4.90 Å². The van der Waals surface area contributed by atoms with Crippen molar-refractivity contribution in [3.8, 4) is 0 Å². The average molecular weight is 437 g/mol. The lowest BCUT2D eigenvalue weighted by molar-refractivity contribution is 0.0801. The Hall–Kier alpha value is -2.67. The van der Waals surface area contributed by atoms with Crippen molar-refractivity contribution in [1.82, 2.24) is 4.31 Å². The van der Waals surface area contributed by atoms with Gasteiger partial charge in [-0.1, -0.05) is 60.7 Å². The van der Waals surface area contributed by atoms with Gasteiger partial charge in [0.25, 0.3) is 0 Å². The third-order valence-corrected chi connectivity index (χ3v) is 7.92. The van der Waals surface area contributed by atoms with Gasteiger partial charge in [0.05, 0.1) is 17.0 Å². The summed E-state index contributed by atoms with van der Waals surface area (Å²) < 4.78 is 28.5. The molecule has 3 aromatic rings. The standard InChI is InChI=1S/C25H28N2O3S/c1-26(2)21-14-12-20(13-15-21)18-23-25(28)22-10-6-7-11-24(22)31(29,30)27(23)17-16-19-8-4-3-5-9-19/h3-15,23,25,28H,16-18H2,1-2H3/t23-,25-/m0/s1. The molecule has 0 radical (unpaired) electrons. The minimum Gasteiger partial charge on any atom is -0.387 e. The van der Waals surface area contributed by atoms with Gasteiger partial charge in [-0.25, -0.2) is 8.42 Å². The van der Waals surface area contributed by atoms with Crippen molar-refractivity contribution >= 4 is 15.7 Å². The van der Waals surface area contributed by atoms with Crippen molar-refractivity contribution in [2.45, 2.75) is 29.9 Å². The number of nitrogens with zero attached hydrogens (tertiary/aromatic N) is 2. The van der Waals surface area contributed by atoms with Gasteiger partial charge in [0.1, 0.15) is 0 Å². The number of rotatable bonds is 6. The molecule has 4 rings (SSSR count). The number of anilines is 1. The van der Waals surface area contributed by atoms with Gasteiger partial charge in [0.15, 0.2) is 0 Å². The molecule has 5 nitrogen and oxygen atoms in total. The molecule has 0 aliphatic carbocycles. The molecule has 1 aliphatic heterocycles. The fourth-order valence-corrected chi connectivity index (χ4v) is 6.05. The zero-order chi connectivity index (χ0) is 22.0. The molecule has 0 fully saturated rings. The summed E-state index contributed by atoms with van der Waals surface area (Å²) in [6.07, 6.45) is 0.145. The van der Waals surface area contributed by atoms with Crippen molar-refractivity contribution < 1.29 is 13.5 Å². The molecule has 1 N–H and O–H groups in total. The minimum absolute atomic E-state index is 0.203. The first-order chi connectivity index (χ1) is 14.9. The topological polar surface area (TPSA) is 60.9 Å². The first kappa shape index (κ1) is 21.6. The molecule has 1 heterocycles. The lowest BCUT2D eigenvalue weighted by Crippen LogP contribution is -2.49. The maximum atomic E-state index is 13.5. The summed E-state index contributed by atoms with van der Waals surface area (Å²) in [5.74, 6) is 0. The molecule has 0 spiro atoms. The quantitative estimate of drug-likeness (QED) is 0.641. The number of fused-ring (bicyclic) bond motifs is 1. The van der Waals surface area contributed by atoms with E-state index in [0.717, 1.165) is 16.8 Å². The van der Waals surface area contributed by atoms with Crippen LogP contribution in [0.15, 0.2) is 83.8 Å². The van der Waals surface area contributed by atoms with E-state index in [0.29, 0.717) is 24.9 Å². The summed E-state index contributed by atoms with van der Waals surface area (Å²) >= 11 is 0. The monoisotopic (exact) mass is 436 g/mol. The van der Waals surface area contributed by atoms with Crippen molar-refractivity contribution in [2.24, 2.45) is 0 Å². The van der Waals surface area contributed by atoms with E-state index in [1.54, 1.807) is 24.3 Å². The lowest BCUT2D eigenvalue weighted by atomic mass is 9.95. The van der Waals surface area contributed by atoms with E-state index in [1.807, 2.05) is 73.6 Å². The number of hydrogen-bond donors (Lipinski definition) is 1. The minimum atomic E-state index is -3.71. The van der Waals surface area contributed by atoms with Gasteiger partial charge in [-0.3, -0.25) is 0 Å². The number of hydrogen-bond acceptors (Lipinski definition) is 4. The second kappa shape index (κ2) is 8.83. The summed E-state index contributed by atoms with van der Waals surface area (Å²) in [5, 5.41) is 11.2. The summed E-state index contributed by atoms with van der Waals surface area (Å²) in [6, 6.07) is 24.1. The summed E-state index contributed by atoms with van der Waals surface area (Å²) in [6.45, 7) is 0.318. The molecule has 0 amide bonds. The summed E-state index contributed by atoms with van der Waals surface area (Å²) in [7, 11) is 0.250. The van der Waals surface area contributed by atoms with Gasteiger partial charge in [0, 0.05) is 31.9 Å². The van der Waals surface area contributed by atoms with Crippen LogP contribution in [0.5, 0.6) is 0 Å². The molecule has 0 bridgehead atoms. The molecule has 2 atom stereocenters. The Morgan fingerprint density at radius 2 is 1.52 bits per heavy atom. The lowest BCUT2D eigenvalue weighted by Gasteiger charge is -2.39. The van der Waals surface area contributed by atoms with E-state index >= 15 is 0 Å². The predicted octanol–water partition coefficient (Wildman–Crippen LogP) is 3.64. The van der Waals surface area contributed by atoms with E-state index in [2.05, 4.69) is 0 Å². The van der Waals surface area contributed by atoms with Crippen molar-refractivity contribution in [2.75, 3.05) is 25.5 Å². The van der Waals surface area contributed by atoms with Crippen molar-refractivity contribution in [1.29, 1.82) is 0 Å². The van der Waals surface area contributed by atoms with Crippen LogP contribution in [0, 0.1) is 0 Å². The molecular formula is C25H28N2O3S. The van der Waals surface area contributed by atoms with E-state index in [9.17, 15) is 13.5 Å². The zero-order valence-corrected chi connectivity index (χ0v) is 18.7. The molecule has 0 saturated carbocycles. The Morgan fingerprint density at radius 1 is 0.871 bits per heavy atom. The molecule has 0 aromatic heterocycles.